The maximum Gasteiger partial charge on any atom is 0.192 e. The van der Waals surface area contributed by atoms with Crippen LogP contribution in [0, 0.1) is 6.92 Å². The van der Waals surface area contributed by atoms with Crippen LogP contribution in [-0.4, -0.2) is 11.3 Å². The molecule has 0 fully saturated rings. The molecule has 2 N–H and O–H groups in total. The lowest BCUT2D eigenvalue weighted by Gasteiger charge is -2.21. The monoisotopic (exact) mass is 211 g/mol. The van der Waals surface area contributed by atoms with Gasteiger partial charge in [0.1, 0.15) is 0 Å². The fourth-order valence-corrected chi connectivity index (χ4v) is 2.50. The van der Waals surface area contributed by atoms with E-state index in [0.29, 0.717) is 0 Å². The molecule has 78 valence electrons. The molecular formula is C11H17NOS. The number of ketones is 1. The predicted octanol–water partition coefficient (Wildman–Crippen LogP) is 2.76. The second-order valence-electron chi connectivity index (χ2n) is 3.93. The van der Waals surface area contributed by atoms with Crippen LogP contribution in [0.5, 0.6) is 0 Å². The largest absolute Gasteiger partial charge is 0.319 e. The Hall–Kier alpha value is -0.670. The van der Waals surface area contributed by atoms with Crippen molar-refractivity contribution in [3.8, 4) is 0 Å². The Labute approximate surface area is 89.1 Å². The van der Waals surface area contributed by atoms with Gasteiger partial charge in [0.25, 0.3) is 0 Å². The summed E-state index contributed by atoms with van der Waals surface area (Å²) in [5.74, 6) is 0.0758. The van der Waals surface area contributed by atoms with Crippen LogP contribution in [0.1, 0.15) is 41.9 Å². The second-order valence-corrected chi connectivity index (χ2v) is 4.85. The van der Waals surface area contributed by atoms with Gasteiger partial charge < -0.3 is 5.73 Å². The van der Waals surface area contributed by atoms with Gasteiger partial charge in [-0.15, -0.1) is 11.3 Å². The Morgan fingerprint density at radius 2 is 2.29 bits per heavy atom. The number of carbonyl (C=O) groups excluding carboxylic acids is 1. The highest BCUT2D eigenvalue weighted by Crippen LogP contribution is 2.23. The first kappa shape index (κ1) is 11.4. The molecule has 0 radical (unpaired) electrons. The van der Waals surface area contributed by atoms with E-state index < -0.39 is 5.54 Å². The maximum atomic E-state index is 12.0. The van der Waals surface area contributed by atoms with Gasteiger partial charge in [0, 0.05) is 0 Å². The SMILES string of the molecule is CCCC(C)(N)C(=O)c1sccc1C. The molecule has 1 aromatic rings. The van der Waals surface area contributed by atoms with E-state index in [9.17, 15) is 4.79 Å². The van der Waals surface area contributed by atoms with Gasteiger partial charge >= 0.3 is 0 Å². The standard InChI is InChI=1S/C11H17NOS/c1-4-6-11(3,12)10(13)9-8(2)5-7-14-9/h5,7H,4,6,12H2,1-3H3. The first-order chi connectivity index (χ1) is 6.49. The van der Waals surface area contributed by atoms with Crippen molar-refractivity contribution in [1.82, 2.24) is 0 Å². The lowest BCUT2D eigenvalue weighted by atomic mass is 9.90. The number of thiophene rings is 1. The Kier molecular flexibility index (Phi) is 3.45. The van der Waals surface area contributed by atoms with Crippen molar-refractivity contribution in [2.75, 3.05) is 0 Å². The van der Waals surface area contributed by atoms with Crippen LogP contribution in [0.3, 0.4) is 0 Å². The second kappa shape index (κ2) is 4.24. The Morgan fingerprint density at radius 3 is 2.71 bits per heavy atom. The van der Waals surface area contributed by atoms with Crippen molar-refractivity contribution in [1.29, 1.82) is 0 Å². The molecule has 0 aliphatic heterocycles. The zero-order chi connectivity index (χ0) is 10.8. The summed E-state index contributed by atoms with van der Waals surface area (Å²) in [5.41, 5.74) is 6.32. The number of carbonyl (C=O) groups is 1. The normalized spacial score (nSPS) is 15.1. The molecule has 0 amide bonds. The van der Waals surface area contributed by atoms with Crippen LogP contribution in [0.15, 0.2) is 11.4 Å². The van der Waals surface area contributed by atoms with E-state index in [0.717, 1.165) is 23.3 Å². The van der Waals surface area contributed by atoms with Gasteiger partial charge in [-0.2, -0.15) is 0 Å². The highest BCUT2D eigenvalue weighted by Gasteiger charge is 2.29. The van der Waals surface area contributed by atoms with Crippen LogP contribution in [0.4, 0.5) is 0 Å². The zero-order valence-corrected chi connectivity index (χ0v) is 9.78. The molecule has 1 aromatic heterocycles. The first-order valence-electron chi connectivity index (χ1n) is 4.87. The molecule has 0 spiro atoms. The van der Waals surface area contributed by atoms with Crippen molar-refractivity contribution >= 4 is 17.1 Å². The summed E-state index contributed by atoms with van der Waals surface area (Å²) in [5, 5.41) is 1.94. The summed E-state index contributed by atoms with van der Waals surface area (Å²) in [6, 6.07) is 1.96. The van der Waals surface area contributed by atoms with Crippen LogP contribution in [0.25, 0.3) is 0 Å². The molecule has 0 saturated heterocycles. The number of Topliss-reactive ketones (excluding diaryl/α,β-unsaturated/α-hetero) is 1. The van der Waals surface area contributed by atoms with E-state index in [-0.39, 0.29) is 5.78 Å². The number of aryl methyl sites for hydroxylation is 1. The molecular weight excluding hydrogens is 194 g/mol. The van der Waals surface area contributed by atoms with Crippen LogP contribution >= 0.6 is 11.3 Å². The Bertz CT molecular complexity index is 328. The molecule has 0 aliphatic carbocycles. The van der Waals surface area contributed by atoms with Crippen molar-refractivity contribution in [3.05, 3.63) is 21.9 Å². The third-order valence-corrected chi connectivity index (χ3v) is 3.37. The summed E-state index contributed by atoms with van der Waals surface area (Å²) in [6.45, 7) is 5.81. The van der Waals surface area contributed by atoms with E-state index in [1.807, 2.05) is 32.2 Å². The van der Waals surface area contributed by atoms with Crippen molar-refractivity contribution in [2.24, 2.45) is 5.73 Å². The van der Waals surface area contributed by atoms with Gasteiger partial charge in [0.05, 0.1) is 10.4 Å². The van der Waals surface area contributed by atoms with E-state index in [1.165, 1.54) is 11.3 Å². The minimum Gasteiger partial charge on any atom is -0.319 e. The molecule has 1 rings (SSSR count). The van der Waals surface area contributed by atoms with Gasteiger partial charge in [-0.25, -0.2) is 0 Å². The molecule has 1 heterocycles. The number of hydrogen-bond acceptors (Lipinski definition) is 3. The zero-order valence-electron chi connectivity index (χ0n) is 8.96. The van der Waals surface area contributed by atoms with E-state index in [2.05, 4.69) is 0 Å². The highest BCUT2D eigenvalue weighted by molar-refractivity contribution is 7.12. The van der Waals surface area contributed by atoms with E-state index in [4.69, 9.17) is 5.73 Å². The van der Waals surface area contributed by atoms with Crippen LogP contribution in [-0.2, 0) is 0 Å². The smallest absolute Gasteiger partial charge is 0.192 e. The lowest BCUT2D eigenvalue weighted by Crippen LogP contribution is -2.44. The number of rotatable bonds is 4. The third-order valence-electron chi connectivity index (χ3n) is 2.36. The number of nitrogens with two attached hydrogens (primary N) is 1. The van der Waals surface area contributed by atoms with Crippen molar-refractivity contribution < 1.29 is 4.79 Å². The Balaban J connectivity index is 2.90. The summed E-state index contributed by atoms with van der Waals surface area (Å²) >= 11 is 1.48. The molecule has 2 nitrogen and oxygen atoms in total. The fourth-order valence-electron chi connectivity index (χ4n) is 1.50. The molecule has 1 unspecified atom stereocenters. The van der Waals surface area contributed by atoms with Gasteiger partial charge in [0.15, 0.2) is 5.78 Å². The minimum atomic E-state index is -0.704. The minimum absolute atomic E-state index is 0.0758. The molecule has 0 saturated carbocycles. The van der Waals surface area contributed by atoms with Gasteiger partial charge in [0.2, 0.25) is 0 Å². The lowest BCUT2D eigenvalue weighted by molar-refractivity contribution is 0.0897. The molecule has 0 aromatic carbocycles. The number of hydrogen-bond donors (Lipinski definition) is 1. The van der Waals surface area contributed by atoms with E-state index in [1.54, 1.807) is 0 Å². The fraction of sp³-hybridized carbons (Fsp3) is 0.545. The third kappa shape index (κ3) is 2.22. The molecule has 0 bridgehead atoms. The average molecular weight is 211 g/mol. The molecule has 3 heteroatoms. The predicted molar refractivity (Wildman–Crippen MR) is 60.9 cm³/mol. The topological polar surface area (TPSA) is 43.1 Å². The summed E-state index contributed by atoms with van der Waals surface area (Å²) in [6.07, 6.45) is 1.67. The Morgan fingerprint density at radius 1 is 1.64 bits per heavy atom. The molecule has 14 heavy (non-hydrogen) atoms. The first-order valence-corrected chi connectivity index (χ1v) is 5.74. The summed E-state index contributed by atoms with van der Waals surface area (Å²) < 4.78 is 0. The van der Waals surface area contributed by atoms with Gasteiger partial charge in [-0.3, -0.25) is 4.79 Å². The van der Waals surface area contributed by atoms with Crippen molar-refractivity contribution in [3.63, 3.8) is 0 Å². The molecule has 1 atom stereocenters. The molecule has 0 aliphatic rings. The van der Waals surface area contributed by atoms with Crippen molar-refractivity contribution in [2.45, 2.75) is 39.2 Å². The van der Waals surface area contributed by atoms with Gasteiger partial charge in [-0.1, -0.05) is 13.3 Å². The summed E-state index contributed by atoms with van der Waals surface area (Å²) in [4.78, 5) is 12.8. The maximum absolute atomic E-state index is 12.0. The average Bonchev–Trinajstić information content (AvgIpc) is 2.50. The van der Waals surface area contributed by atoms with Crippen LogP contribution < -0.4 is 5.73 Å². The van der Waals surface area contributed by atoms with E-state index >= 15 is 0 Å². The van der Waals surface area contributed by atoms with Crippen LogP contribution in [0.2, 0.25) is 0 Å². The highest BCUT2D eigenvalue weighted by atomic mass is 32.1. The van der Waals surface area contributed by atoms with Gasteiger partial charge in [-0.05, 0) is 37.3 Å². The quantitative estimate of drug-likeness (QED) is 0.778. The summed E-state index contributed by atoms with van der Waals surface area (Å²) in [7, 11) is 0.